The number of hydrogen-bond donors (Lipinski definition) is 0. The highest BCUT2D eigenvalue weighted by atomic mass is 16.5. The van der Waals surface area contributed by atoms with Crippen LogP contribution in [0, 0.1) is 5.92 Å². The molecule has 0 aliphatic carbocycles. The van der Waals surface area contributed by atoms with Crippen molar-refractivity contribution in [3.8, 4) is 0 Å². The Bertz CT molecular complexity index is 465. The van der Waals surface area contributed by atoms with Crippen LogP contribution in [0.2, 0.25) is 0 Å². The van der Waals surface area contributed by atoms with Gasteiger partial charge in [-0.3, -0.25) is 4.79 Å². The highest BCUT2D eigenvalue weighted by molar-refractivity contribution is 5.80. The quantitative estimate of drug-likeness (QED) is 0.840. The number of fused-ring (bicyclic) bond motifs is 1. The number of hydrogen-bond acceptors (Lipinski definition) is 3. The molecule has 1 saturated heterocycles. The highest BCUT2D eigenvalue weighted by Crippen LogP contribution is 2.21. The van der Waals surface area contributed by atoms with Gasteiger partial charge in [-0.1, -0.05) is 0 Å². The van der Waals surface area contributed by atoms with Crippen LogP contribution in [0.4, 0.5) is 0 Å². The smallest absolute Gasteiger partial charge is 0.251 e. The molecule has 2 aliphatic heterocycles. The Labute approximate surface area is 119 Å². The van der Waals surface area contributed by atoms with Crippen LogP contribution in [0.15, 0.2) is 12.4 Å². The van der Waals surface area contributed by atoms with Crippen LogP contribution in [0.1, 0.15) is 31.5 Å². The molecule has 20 heavy (non-hydrogen) atoms. The van der Waals surface area contributed by atoms with Crippen molar-refractivity contribution in [2.45, 2.75) is 44.8 Å². The highest BCUT2D eigenvalue weighted by Gasteiger charge is 2.27. The fourth-order valence-corrected chi connectivity index (χ4v) is 3.24. The molecule has 3 rings (SSSR count). The van der Waals surface area contributed by atoms with E-state index in [4.69, 9.17) is 4.74 Å². The fraction of sp³-hybridized carbons (Fsp3) is 0.733. The Hall–Kier alpha value is -1.36. The monoisotopic (exact) mass is 277 g/mol. The largest absolute Gasteiger partial charge is 0.368 e. The summed E-state index contributed by atoms with van der Waals surface area (Å²) in [5, 5.41) is 0. The number of aromatic nitrogens is 2. The second kappa shape index (κ2) is 5.95. The molecule has 0 radical (unpaired) electrons. The van der Waals surface area contributed by atoms with Gasteiger partial charge in [0.15, 0.2) is 0 Å². The number of carbonyl (C=O) groups excluding carboxylic acids is 1. The number of rotatable bonds is 3. The first-order valence-corrected chi connectivity index (χ1v) is 7.60. The lowest BCUT2D eigenvalue weighted by Gasteiger charge is -2.31. The van der Waals surface area contributed by atoms with Gasteiger partial charge in [-0.25, -0.2) is 4.98 Å². The molecule has 2 unspecified atom stereocenters. The first-order valence-electron chi connectivity index (χ1n) is 7.60. The number of likely N-dealkylation sites (N-methyl/N-ethyl adjacent to an activating group) is 1. The molecule has 2 aliphatic rings. The van der Waals surface area contributed by atoms with Crippen LogP contribution >= 0.6 is 0 Å². The van der Waals surface area contributed by atoms with E-state index in [1.54, 1.807) is 0 Å². The second-order valence-electron chi connectivity index (χ2n) is 5.97. The average molecular weight is 277 g/mol. The molecular formula is C15H23N3O2. The van der Waals surface area contributed by atoms with Crippen molar-refractivity contribution in [2.24, 2.45) is 5.92 Å². The molecule has 1 amide bonds. The number of imidazole rings is 1. The van der Waals surface area contributed by atoms with E-state index in [0.717, 1.165) is 51.8 Å². The Morgan fingerprint density at radius 2 is 2.40 bits per heavy atom. The van der Waals surface area contributed by atoms with Crippen molar-refractivity contribution in [3.63, 3.8) is 0 Å². The van der Waals surface area contributed by atoms with E-state index in [1.807, 2.05) is 24.3 Å². The first kappa shape index (κ1) is 13.6. The molecular weight excluding hydrogens is 254 g/mol. The van der Waals surface area contributed by atoms with Crippen LogP contribution in [0.3, 0.4) is 0 Å². The van der Waals surface area contributed by atoms with Crippen molar-refractivity contribution in [1.29, 1.82) is 0 Å². The Morgan fingerprint density at radius 3 is 3.20 bits per heavy atom. The third-order valence-electron chi connectivity index (χ3n) is 4.40. The number of aryl methyl sites for hydroxylation is 1. The predicted molar refractivity (Wildman–Crippen MR) is 75.3 cm³/mol. The molecule has 110 valence electrons. The topological polar surface area (TPSA) is 47.4 Å². The molecule has 0 saturated carbocycles. The van der Waals surface area contributed by atoms with Crippen LogP contribution in [-0.2, 0) is 22.5 Å². The second-order valence-corrected chi connectivity index (χ2v) is 5.97. The lowest BCUT2D eigenvalue weighted by molar-refractivity contribution is -0.145. The zero-order valence-corrected chi connectivity index (χ0v) is 12.1. The fourth-order valence-electron chi connectivity index (χ4n) is 3.24. The molecule has 5 heteroatoms. The van der Waals surface area contributed by atoms with Crippen LogP contribution in [0.5, 0.6) is 0 Å². The molecule has 1 aromatic heterocycles. The van der Waals surface area contributed by atoms with Crippen LogP contribution < -0.4 is 0 Å². The van der Waals surface area contributed by atoms with Gasteiger partial charge < -0.3 is 14.2 Å². The number of nitrogens with zero attached hydrogens (tertiary/aromatic N) is 3. The average Bonchev–Trinajstić information content (AvgIpc) is 2.95. The normalized spacial score (nSPS) is 26.1. The lowest BCUT2D eigenvalue weighted by Crippen LogP contribution is -2.43. The third-order valence-corrected chi connectivity index (χ3v) is 4.40. The van der Waals surface area contributed by atoms with Crippen molar-refractivity contribution < 1.29 is 9.53 Å². The maximum Gasteiger partial charge on any atom is 0.251 e. The molecule has 1 fully saturated rings. The zero-order chi connectivity index (χ0) is 13.9. The maximum absolute atomic E-state index is 12.3. The summed E-state index contributed by atoms with van der Waals surface area (Å²) in [6, 6.07) is 0. The molecule has 0 aromatic carbocycles. The molecule has 2 atom stereocenters. The predicted octanol–water partition coefficient (Wildman–Crippen LogP) is 1.47. The molecule has 5 nitrogen and oxygen atoms in total. The van der Waals surface area contributed by atoms with E-state index in [-0.39, 0.29) is 12.0 Å². The minimum atomic E-state index is -0.207. The summed E-state index contributed by atoms with van der Waals surface area (Å²) in [5.41, 5.74) is 0. The van der Waals surface area contributed by atoms with E-state index in [1.165, 1.54) is 5.82 Å². The summed E-state index contributed by atoms with van der Waals surface area (Å²) in [7, 11) is 1.91. The van der Waals surface area contributed by atoms with Crippen molar-refractivity contribution in [1.82, 2.24) is 14.5 Å². The van der Waals surface area contributed by atoms with Gasteiger partial charge >= 0.3 is 0 Å². The molecule has 0 N–H and O–H groups in total. The summed E-state index contributed by atoms with van der Waals surface area (Å²) < 4.78 is 7.80. The van der Waals surface area contributed by atoms with E-state index in [0.29, 0.717) is 5.92 Å². The molecule has 0 spiro atoms. The van der Waals surface area contributed by atoms with E-state index in [9.17, 15) is 4.79 Å². The minimum Gasteiger partial charge on any atom is -0.368 e. The Balaban J connectivity index is 1.54. The van der Waals surface area contributed by atoms with E-state index >= 15 is 0 Å². The summed E-state index contributed by atoms with van der Waals surface area (Å²) >= 11 is 0. The summed E-state index contributed by atoms with van der Waals surface area (Å²) in [5.74, 6) is 1.85. The Kier molecular flexibility index (Phi) is 4.05. The van der Waals surface area contributed by atoms with Crippen molar-refractivity contribution in [2.75, 3.05) is 20.2 Å². The van der Waals surface area contributed by atoms with Gasteiger partial charge in [-0.2, -0.15) is 0 Å². The van der Waals surface area contributed by atoms with Gasteiger partial charge in [0.2, 0.25) is 0 Å². The SMILES string of the molecule is CN(CC1CCc2nccn2C1)C(=O)C1CCCCO1. The standard InChI is InChI=1S/C15H23N3O2/c1-17(15(19)13-4-2-3-9-20-13)10-12-5-6-14-16-7-8-18(14)11-12/h7-8,12-13H,2-6,9-11H2,1H3. The van der Waals surface area contributed by atoms with Crippen LogP contribution in [-0.4, -0.2) is 46.7 Å². The minimum absolute atomic E-state index is 0.154. The zero-order valence-electron chi connectivity index (χ0n) is 12.1. The molecule has 0 bridgehead atoms. The van der Waals surface area contributed by atoms with Gasteiger partial charge in [0.25, 0.3) is 5.91 Å². The number of amides is 1. The van der Waals surface area contributed by atoms with Gasteiger partial charge in [-0.15, -0.1) is 0 Å². The summed E-state index contributed by atoms with van der Waals surface area (Å²) in [6.07, 6.45) is 8.88. The van der Waals surface area contributed by atoms with E-state index < -0.39 is 0 Å². The van der Waals surface area contributed by atoms with Crippen molar-refractivity contribution in [3.05, 3.63) is 18.2 Å². The lowest BCUT2D eigenvalue weighted by atomic mass is 9.98. The maximum atomic E-state index is 12.3. The van der Waals surface area contributed by atoms with Crippen molar-refractivity contribution >= 4 is 5.91 Å². The summed E-state index contributed by atoms with van der Waals surface area (Å²) in [6.45, 7) is 2.51. The molecule has 3 heterocycles. The first-order chi connectivity index (χ1) is 9.74. The third kappa shape index (κ3) is 2.87. The summed E-state index contributed by atoms with van der Waals surface area (Å²) in [4.78, 5) is 18.6. The number of carbonyl (C=O) groups is 1. The molecule has 1 aromatic rings. The van der Waals surface area contributed by atoms with Gasteiger partial charge in [-0.05, 0) is 31.6 Å². The Morgan fingerprint density at radius 1 is 1.50 bits per heavy atom. The van der Waals surface area contributed by atoms with E-state index in [2.05, 4.69) is 9.55 Å². The van der Waals surface area contributed by atoms with Gasteiger partial charge in [0.1, 0.15) is 11.9 Å². The van der Waals surface area contributed by atoms with Gasteiger partial charge in [0, 0.05) is 45.6 Å². The van der Waals surface area contributed by atoms with Crippen LogP contribution in [0.25, 0.3) is 0 Å². The number of ether oxygens (including phenoxy) is 1. The van der Waals surface area contributed by atoms with Gasteiger partial charge in [0.05, 0.1) is 0 Å².